The predicted molar refractivity (Wildman–Crippen MR) is 56.0 cm³/mol. The van der Waals surface area contributed by atoms with Crippen molar-refractivity contribution in [3.63, 3.8) is 0 Å². The van der Waals surface area contributed by atoms with Crippen LogP contribution in [0.4, 0.5) is 14.5 Å². The molecule has 0 radical (unpaired) electrons. The van der Waals surface area contributed by atoms with Gasteiger partial charge in [0.25, 0.3) is 0 Å². The molecule has 4 heteroatoms. The van der Waals surface area contributed by atoms with Crippen LogP contribution in [0.2, 0.25) is 0 Å². The molecule has 2 rings (SSSR count). The third kappa shape index (κ3) is 1.95. The fourth-order valence-electron chi connectivity index (χ4n) is 1.94. The number of nitrogens with zero attached hydrogens (tertiary/aromatic N) is 1. The lowest BCUT2D eigenvalue weighted by molar-refractivity contribution is 0.477. The van der Waals surface area contributed by atoms with Gasteiger partial charge in [0, 0.05) is 25.7 Å². The first-order valence-corrected chi connectivity index (χ1v) is 5.11. The van der Waals surface area contributed by atoms with Crippen LogP contribution < -0.4 is 10.2 Å². The molecule has 1 aromatic carbocycles. The Morgan fingerprint density at radius 2 is 2.00 bits per heavy atom. The highest BCUT2D eigenvalue weighted by molar-refractivity contribution is 5.50. The van der Waals surface area contributed by atoms with E-state index in [2.05, 4.69) is 5.32 Å². The van der Waals surface area contributed by atoms with Gasteiger partial charge < -0.3 is 10.2 Å². The highest BCUT2D eigenvalue weighted by Gasteiger charge is 2.23. The molecular weight excluding hydrogens is 198 g/mol. The minimum Gasteiger partial charge on any atom is -0.362 e. The van der Waals surface area contributed by atoms with Gasteiger partial charge in [-0.3, -0.25) is 0 Å². The molecule has 1 N–H and O–H groups in total. The number of piperazine rings is 1. The van der Waals surface area contributed by atoms with E-state index in [-0.39, 0.29) is 11.7 Å². The third-order valence-corrected chi connectivity index (χ3v) is 2.73. The molecule has 1 fully saturated rings. The zero-order valence-corrected chi connectivity index (χ0v) is 8.63. The Kier molecular flexibility index (Phi) is 2.86. The van der Waals surface area contributed by atoms with E-state index in [0.717, 1.165) is 13.1 Å². The van der Waals surface area contributed by atoms with Gasteiger partial charge in [-0.25, -0.2) is 8.78 Å². The number of halogens is 2. The second-order valence-electron chi connectivity index (χ2n) is 3.82. The van der Waals surface area contributed by atoms with Crippen molar-refractivity contribution in [3.05, 3.63) is 29.8 Å². The van der Waals surface area contributed by atoms with Crippen molar-refractivity contribution < 1.29 is 8.78 Å². The molecule has 0 bridgehead atoms. The van der Waals surface area contributed by atoms with Gasteiger partial charge in [-0.2, -0.15) is 0 Å². The summed E-state index contributed by atoms with van der Waals surface area (Å²) in [6, 6.07) is 4.10. The van der Waals surface area contributed by atoms with Crippen molar-refractivity contribution in [2.75, 3.05) is 24.5 Å². The monoisotopic (exact) mass is 212 g/mol. The number of nitrogens with one attached hydrogen (secondary N) is 1. The predicted octanol–water partition coefficient (Wildman–Crippen LogP) is 1.76. The Bertz CT molecular complexity index is 334. The second kappa shape index (κ2) is 4.14. The number of hydrogen-bond acceptors (Lipinski definition) is 2. The van der Waals surface area contributed by atoms with Crippen molar-refractivity contribution in [3.8, 4) is 0 Å². The van der Waals surface area contributed by atoms with Crippen LogP contribution in [0.5, 0.6) is 0 Å². The van der Waals surface area contributed by atoms with Crippen molar-refractivity contribution in [1.29, 1.82) is 0 Å². The summed E-state index contributed by atoms with van der Waals surface area (Å²) in [5.74, 6) is -0.965. The first-order chi connectivity index (χ1) is 7.20. The lowest BCUT2D eigenvalue weighted by Gasteiger charge is -2.36. The standard InChI is InChI=1S/C11H14F2N2/c1-8-7-14-5-6-15(8)11-9(12)3-2-4-10(11)13/h2-4,8,14H,5-7H2,1H3. The lowest BCUT2D eigenvalue weighted by Crippen LogP contribution is -2.50. The van der Waals surface area contributed by atoms with E-state index < -0.39 is 11.6 Å². The number of rotatable bonds is 1. The van der Waals surface area contributed by atoms with E-state index in [1.165, 1.54) is 18.2 Å². The van der Waals surface area contributed by atoms with Crippen LogP contribution in [0, 0.1) is 11.6 Å². The maximum Gasteiger partial charge on any atom is 0.149 e. The molecule has 1 atom stereocenters. The van der Waals surface area contributed by atoms with E-state index in [9.17, 15) is 8.78 Å². The average molecular weight is 212 g/mol. The molecule has 1 aromatic rings. The van der Waals surface area contributed by atoms with Crippen LogP contribution in [0.3, 0.4) is 0 Å². The summed E-state index contributed by atoms with van der Waals surface area (Å²) in [6.45, 7) is 4.11. The summed E-state index contributed by atoms with van der Waals surface area (Å²) in [4.78, 5) is 1.78. The molecule has 1 heterocycles. The van der Waals surface area contributed by atoms with Gasteiger partial charge in [-0.1, -0.05) is 6.07 Å². The van der Waals surface area contributed by atoms with Crippen LogP contribution >= 0.6 is 0 Å². The van der Waals surface area contributed by atoms with E-state index in [1.807, 2.05) is 6.92 Å². The minimum absolute atomic E-state index is 0.103. The van der Waals surface area contributed by atoms with E-state index in [0.29, 0.717) is 6.54 Å². The fourth-order valence-corrected chi connectivity index (χ4v) is 1.94. The molecule has 2 nitrogen and oxygen atoms in total. The SMILES string of the molecule is CC1CNCCN1c1c(F)cccc1F. The first kappa shape index (κ1) is 10.4. The van der Waals surface area contributed by atoms with Crippen LogP contribution in [0.25, 0.3) is 0 Å². The van der Waals surface area contributed by atoms with Crippen molar-refractivity contribution in [1.82, 2.24) is 5.32 Å². The summed E-state index contributed by atoms with van der Waals surface area (Å²) < 4.78 is 27.0. The summed E-state index contributed by atoms with van der Waals surface area (Å²) in [7, 11) is 0. The quantitative estimate of drug-likeness (QED) is 0.763. The summed E-state index contributed by atoms with van der Waals surface area (Å²) >= 11 is 0. The Morgan fingerprint density at radius 1 is 1.33 bits per heavy atom. The highest BCUT2D eigenvalue weighted by Crippen LogP contribution is 2.25. The smallest absolute Gasteiger partial charge is 0.149 e. The van der Waals surface area contributed by atoms with E-state index >= 15 is 0 Å². The van der Waals surface area contributed by atoms with E-state index in [4.69, 9.17) is 0 Å². The molecule has 1 saturated heterocycles. The molecule has 1 aliphatic rings. The Balaban J connectivity index is 2.35. The topological polar surface area (TPSA) is 15.3 Å². The van der Waals surface area contributed by atoms with Gasteiger partial charge in [-0.05, 0) is 19.1 Å². The van der Waals surface area contributed by atoms with Crippen LogP contribution in [-0.2, 0) is 0 Å². The second-order valence-corrected chi connectivity index (χ2v) is 3.82. The summed E-state index contributed by atoms with van der Waals surface area (Å²) in [6.07, 6.45) is 0. The van der Waals surface area contributed by atoms with Crippen molar-refractivity contribution >= 4 is 5.69 Å². The van der Waals surface area contributed by atoms with Crippen LogP contribution in [0.15, 0.2) is 18.2 Å². The minimum atomic E-state index is -0.483. The highest BCUT2D eigenvalue weighted by atomic mass is 19.1. The third-order valence-electron chi connectivity index (χ3n) is 2.73. The number of anilines is 1. The number of benzene rings is 1. The fraction of sp³-hybridized carbons (Fsp3) is 0.455. The Labute approximate surface area is 87.9 Å². The Hall–Kier alpha value is -1.16. The molecule has 0 amide bonds. The summed E-state index contributed by atoms with van der Waals surface area (Å²) in [5.41, 5.74) is 0.103. The molecule has 0 aliphatic carbocycles. The number of para-hydroxylation sites is 1. The molecule has 1 aliphatic heterocycles. The molecule has 15 heavy (non-hydrogen) atoms. The molecule has 0 spiro atoms. The van der Waals surface area contributed by atoms with Crippen LogP contribution in [0.1, 0.15) is 6.92 Å². The molecule has 0 aromatic heterocycles. The Morgan fingerprint density at radius 3 is 2.60 bits per heavy atom. The molecular formula is C11H14F2N2. The van der Waals surface area contributed by atoms with Crippen molar-refractivity contribution in [2.24, 2.45) is 0 Å². The van der Waals surface area contributed by atoms with E-state index in [1.54, 1.807) is 4.90 Å². The van der Waals surface area contributed by atoms with Crippen LogP contribution in [-0.4, -0.2) is 25.7 Å². The largest absolute Gasteiger partial charge is 0.362 e. The first-order valence-electron chi connectivity index (χ1n) is 5.11. The average Bonchev–Trinajstić information content (AvgIpc) is 2.20. The maximum atomic E-state index is 13.5. The lowest BCUT2D eigenvalue weighted by atomic mass is 10.1. The normalized spacial score (nSPS) is 21.8. The van der Waals surface area contributed by atoms with Crippen molar-refractivity contribution in [2.45, 2.75) is 13.0 Å². The zero-order valence-electron chi connectivity index (χ0n) is 8.63. The van der Waals surface area contributed by atoms with Gasteiger partial charge >= 0.3 is 0 Å². The number of hydrogen-bond donors (Lipinski definition) is 1. The van der Waals surface area contributed by atoms with Gasteiger partial charge in [0.05, 0.1) is 0 Å². The maximum absolute atomic E-state index is 13.5. The molecule has 0 saturated carbocycles. The van der Waals surface area contributed by atoms with Gasteiger partial charge in [0.15, 0.2) is 0 Å². The molecule has 82 valence electrons. The summed E-state index contributed by atoms with van der Waals surface area (Å²) in [5, 5.41) is 3.19. The molecule has 1 unspecified atom stereocenters. The van der Waals surface area contributed by atoms with Gasteiger partial charge in [0.1, 0.15) is 17.3 Å². The zero-order chi connectivity index (χ0) is 10.8. The van der Waals surface area contributed by atoms with Gasteiger partial charge in [0.2, 0.25) is 0 Å². The van der Waals surface area contributed by atoms with Gasteiger partial charge in [-0.15, -0.1) is 0 Å².